The molecule has 1 fully saturated rings. The molecule has 0 spiro atoms. The van der Waals surface area contributed by atoms with Crippen LogP contribution in [0.1, 0.15) is 28.7 Å². The lowest BCUT2D eigenvalue weighted by Crippen LogP contribution is -2.31. The number of hydrogen-bond acceptors (Lipinski definition) is 4. The highest BCUT2D eigenvalue weighted by molar-refractivity contribution is 6.31. The Bertz CT molecular complexity index is 711. The zero-order valence-corrected chi connectivity index (χ0v) is 12.6. The number of ether oxygens (including phenoxy) is 1. The van der Waals surface area contributed by atoms with Gasteiger partial charge >= 0.3 is 0 Å². The summed E-state index contributed by atoms with van der Waals surface area (Å²) in [6.45, 7) is 0.793. The Labute approximate surface area is 135 Å². The summed E-state index contributed by atoms with van der Waals surface area (Å²) in [4.78, 5) is 16.1. The maximum atomic E-state index is 13.8. The number of nitrogens with one attached hydrogen (secondary N) is 2. The zero-order valence-electron chi connectivity index (χ0n) is 11.9. The van der Waals surface area contributed by atoms with Gasteiger partial charge in [-0.3, -0.25) is 9.89 Å². The van der Waals surface area contributed by atoms with E-state index in [1.807, 2.05) is 0 Å². The lowest BCUT2D eigenvalue weighted by atomic mass is 10.0. The number of aromatic amines is 1. The van der Waals surface area contributed by atoms with Crippen LogP contribution in [0.15, 0.2) is 18.5 Å². The lowest BCUT2D eigenvalue weighted by molar-refractivity contribution is 0.0797. The Kier molecular flexibility index (Phi) is 4.53. The van der Waals surface area contributed by atoms with Crippen molar-refractivity contribution in [1.82, 2.24) is 20.5 Å². The van der Waals surface area contributed by atoms with Gasteiger partial charge < -0.3 is 10.1 Å². The molecule has 6 nitrogen and oxygen atoms in total. The molecule has 1 aromatic carbocycles. The first-order chi connectivity index (χ1) is 11.1. The highest BCUT2D eigenvalue weighted by Gasteiger charge is 2.32. The first-order valence-corrected chi connectivity index (χ1v) is 7.34. The van der Waals surface area contributed by atoms with E-state index in [9.17, 15) is 13.6 Å². The summed E-state index contributed by atoms with van der Waals surface area (Å²) in [6.07, 6.45) is 1.79. The monoisotopic (exact) mass is 342 g/mol. The standard InChI is InChI=1S/C14H13ClF2N4O2/c15-10-9(16)2-1-8(11(10)17)14(22)18-5-7-3-4-23-12(7)13-19-6-20-21-13/h1-2,6-7,12H,3-5H2,(H,18,22)(H,19,20,21)/t7-,12-/m0/s1. The second-order valence-corrected chi connectivity index (χ2v) is 5.52. The van der Waals surface area contributed by atoms with Crippen molar-refractivity contribution >= 4 is 17.5 Å². The highest BCUT2D eigenvalue weighted by Crippen LogP contribution is 2.32. The van der Waals surface area contributed by atoms with Gasteiger partial charge in [0, 0.05) is 19.1 Å². The van der Waals surface area contributed by atoms with Gasteiger partial charge in [0.25, 0.3) is 5.91 Å². The van der Waals surface area contributed by atoms with E-state index in [1.54, 1.807) is 0 Å². The van der Waals surface area contributed by atoms with Crippen molar-refractivity contribution in [1.29, 1.82) is 0 Å². The van der Waals surface area contributed by atoms with Crippen LogP contribution in [-0.4, -0.2) is 34.2 Å². The summed E-state index contributed by atoms with van der Waals surface area (Å²) in [5, 5.41) is 8.43. The van der Waals surface area contributed by atoms with E-state index in [1.165, 1.54) is 6.33 Å². The van der Waals surface area contributed by atoms with E-state index in [0.717, 1.165) is 18.6 Å². The summed E-state index contributed by atoms with van der Waals surface area (Å²) in [5.74, 6) is -2.08. The number of benzene rings is 1. The van der Waals surface area contributed by atoms with Crippen molar-refractivity contribution in [2.45, 2.75) is 12.5 Å². The molecule has 0 radical (unpaired) electrons. The van der Waals surface area contributed by atoms with Gasteiger partial charge in [-0.15, -0.1) is 0 Å². The number of H-pyrrole nitrogens is 1. The molecule has 1 aliphatic rings. The molecule has 122 valence electrons. The molecule has 0 saturated carbocycles. The van der Waals surface area contributed by atoms with Crippen molar-refractivity contribution in [2.75, 3.05) is 13.2 Å². The summed E-state index contributed by atoms with van der Waals surface area (Å²) in [7, 11) is 0. The highest BCUT2D eigenvalue weighted by atomic mass is 35.5. The van der Waals surface area contributed by atoms with Crippen LogP contribution >= 0.6 is 11.6 Å². The molecule has 1 aromatic heterocycles. The average Bonchev–Trinajstić information content (AvgIpc) is 3.21. The molecule has 1 aliphatic heterocycles. The predicted molar refractivity (Wildman–Crippen MR) is 76.9 cm³/mol. The molecule has 0 unspecified atom stereocenters. The van der Waals surface area contributed by atoms with Crippen molar-refractivity contribution in [3.63, 3.8) is 0 Å². The SMILES string of the molecule is O=C(NC[C@@H]1CCO[C@@H]1c1ncn[nH]1)c1ccc(F)c(Cl)c1F. The van der Waals surface area contributed by atoms with Crippen molar-refractivity contribution in [3.05, 3.63) is 46.5 Å². The quantitative estimate of drug-likeness (QED) is 0.835. The van der Waals surface area contributed by atoms with E-state index >= 15 is 0 Å². The largest absolute Gasteiger partial charge is 0.370 e. The second kappa shape index (κ2) is 6.59. The molecular formula is C14H13ClF2N4O2. The van der Waals surface area contributed by atoms with E-state index in [2.05, 4.69) is 20.5 Å². The summed E-state index contributed by atoms with van der Waals surface area (Å²) < 4.78 is 32.5. The van der Waals surface area contributed by atoms with E-state index in [0.29, 0.717) is 12.4 Å². The molecule has 2 heterocycles. The number of hydrogen-bond donors (Lipinski definition) is 2. The fraction of sp³-hybridized carbons (Fsp3) is 0.357. The summed E-state index contributed by atoms with van der Waals surface area (Å²) >= 11 is 5.48. The molecule has 9 heteroatoms. The van der Waals surface area contributed by atoms with Crippen LogP contribution in [0.25, 0.3) is 0 Å². The summed E-state index contributed by atoms with van der Waals surface area (Å²) in [6, 6.07) is 2.02. The minimum atomic E-state index is -1.07. The molecule has 2 N–H and O–H groups in total. The third-order valence-electron chi connectivity index (χ3n) is 3.72. The van der Waals surface area contributed by atoms with Gasteiger partial charge in [-0.1, -0.05) is 11.6 Å². The number of rotatable bonds is 4. The van der Waals surface area contributed by atoms with E-state index in [4.69, 9.17) is 16.3 Å². The Morgan fingerprint density at radius 2 is 2.30 bits per heavy atom. The molecule has 0 bridgehead atoms. The molecule has 1 saturated heterocycles. The molecule has 2 atom stereocenters. The minimum Gasteiger partial charge on any atom is -0.370 e. The summed E-state index contributed by atoms with van der Waals surface area (Å²) in [5.41, 5.74) is -0.300. The molecule has 0 aliphatic carbocycles. The van der Waals surface area contributed by atoms with Crippen LogP contribution in [-0.2, 0) is 4.74 Å². The fourth-order valence-corrected chi connectivity index (χ4v) is 2.68. The van der Waals surface area contributed by atoms with Gasteiger partial charge in [0.05, 0.1) is 5.56 Å². The molecular weight excluding hydrogens is 330 g/mol. The van der Waals surface area contributed by atoms with Gasteiger partial charge in [0.2, 0.25) is 0 Å². The number of amides is 1. The normalized spacial score (nSPS) is 20.7. The Morgan fingerprint density at radius 1 is 1.48 bits per heavy atom. The molecule has 1 amide bonds. The third kappa shape index (κ3) is 3.18. The fourth-order valence-electron chi connectivity index (χ4n) is 2.52. The van der Waals surface area contributed by atoms with Crippen LogP contribution in [0.3, 0.4) is 0 Å². The topological polar surface area (TPSA) is 79.9 Å². The Hall–Kier alpha value is -2.06. The number of halogens is 3. The van der Waals surface area contributed by atoms with Gasteiger partial charge in [0.1, 0.15) is 23.3 Å². The van der Waals surface area contributed by atoms with Crippen molar-refractivity contribution < 1.29 is 18.3 Å². The second-order valence-electron chi connectivity index (χ2n) is 5.14. The first kappa shape index (κ1) is 15.8. The molecule has 3 rings (SSSR count). The maximum Gasteiger partial charge on any atom is 0.254 e. The Morgan fingerprint density at radius 3 is 3.04 bits per heavy atom. The van der Waals surface area contributed by atoms with Crippen LogP contribution in [0, 0.1) is 17.6 Å². The van der Waals surface area contributed by atoms with Crippen molar-refractivity contribution in [3.8, 4) is 0 Å². The van der Waals surface area contributed by atoms with Gasteiger partial charge in [0.15, 0.2) is 11.6 Å². The van der Waals surface area contributed by atoms with Gasteiger partial charge in [-0.25, -0.2) is 13.8 Å². The molecule has 2 aromatic rings. The molecule has 23 heavy (non-hydrogen) atoms. The van der Waals surface area contributed by atoms with Crippen LogP contribution in [0.4, 0.5) is 8.78 Å². The first-order valence-electron chi connectivity index (χ1n) is 6.96. The smallest absolute Gasteiger partial charge is 0.254 e. The zero-order chi connectivity index (χ0) is 16.4. The van der Waals surface area contributed by atoms with Crippen molar-refractivity contribution in [2.24, 2.45) is 5.92 Å². The number of carbonyl (C=O) groups is 1. The third-order valence-corrected chi connectivity index (χ3v) is 4.07. The van der Waals surface area contributed by atoms with Gasteiger partial charge in [-0.2, -0.15) is 5.10 Å². The predicted octanol–water partition coefficient (Wildman–Crippen LogP) is 2.24. The maximum absolute atomic E-state index is 13.8. The van der Waals surface area contributed by atoms with Crippen LogP contribution in [0.5, 0.6) is 0 Å². The van der Waals surface area contributed by atoms with Crippen LogP contribution < -0.4 is 5.32 Å². The van der Waals surface area contributed by atoms with Crippen LogP contribution in [0.2, 0.25) is 5.02 Å². The lowest BCUT2D eigenvalue weighted by Gasteiger charge is -2.17. The van der Waals surface area contributed by atoms with Gasteiger partial charge in [-0.05, 0) is 18.6 Å². The number of aromatic nitrogens is 3. The number of carbonyl (C=O) groups excluding carboxylic acids is 1. The Balaban J connectivity index is 1.66. The number of nitrogens with zero attached hydrogens (tertiary/aromatic N) is 2. The average molecular weight is 343 g/mol. The van der Waals surface area contributed by atoms with E-state index in [-0.39, 0.29) is 24.1 Å². The van der Waals surface area contributed by atoms with E-state index < -0.39 is 22.6 Å². The minimum absolute atomic E-state index is 0.0223.